The van der Waals surface area contributed by atoms with Crippen molar-refractivity contribution >= 4 is 17.8 Å². The maximum Gasteiger partial charge on any atom is 0.315 e. The normalized spacial score (nSPS) is 13.6. The second-order valence-electron chi connectivity index (χ2n) is 4.75. The molecule has 0 spiro atoms. The molecule has 0 saturated carbocycles. The molecule has 5 heteroatoms. The largest absolute Gasteiger partial charge is 0.396 e. The number of carbonyl (C=O) groups excluding carboxylic acids is 1. The highest BCUT2D eigenvalue weighted by molar-refractivity contribution is 7.99. The zero-order valence-corrected chi connectivity index (χ0v) is 13.2. The Morgan fingerprint density at radius 1 is 1.25 bits per heavy atom. The number of amides is 2. The maximum absolute atomic E-state index is 11.8. The fourth-order valence-corrected chi connectivity index (χ4v) is 2.49. The van der Waals surface area contributed by atoms with E-state index >= 15 is 0 Å². The maximum atomic E-state index is 11.8. The van der Waals surface area contributed by atoms with Crippen LogP contribution in [0, 0.1) is 0 Å². The summed E-state index contributed by atoms with van der Waals surface area (Å²) in [5, 5.41) is 14.5. The van der Waals surface area contributed by atoms with Crippen LogP contribution in [0.5, 0.6) is 0 Å². The molecule has 4 nitrogen and oxygen atoms in total. The van der Waals surface area contributed by atoms with Crippen LogP contribution in [-0.4, -0.2) is 29.5 Å². The number of hydrogen-bond donors (Lipinski definition) is 3. The van der Waals surface area contributed by atoms with Crippen LogP contribution in [0.1, 0.15) is 38.8 Å². The third-order valence-electron chi connectivity index (χ3n) is 2.98. The molecule has 20 heavy (non-hydrogen) atoms. The Morgan fingerprint density at radius 3 is 2.45 bits per heavy atom. The van der Waals surface area contributed by atoms with Crippen molar-refractivity contribution in [3.8, 4) is 0 Å². The van der Waals surface area contributed by atoms with Crippen molar-refractivity contribution in [3.63, 3.8) is 0 Å². The lowest BCUT2D eigenvalue weighted by molar-refractivity contribution is 0.228. The summed E-state index contributed by atoms with van der Waals surface area (Å²) in [6.45, 7) is 6.03. The number of urea groups is 1. The Bertz CT molecular complexity index is 409. The summed E-state index contributed by atoms with van der Waals surface area (Å²) < 4.78 is 0. The molecule has 0 aliphatic heterocycles. The Hall–Kier alpha value is -1.20. The molecule has 1 unspecified atom stereocenters. The van der Waals surface area contributed by atoms with E-state index in [2.05, 4.69) is 29.7 Å². The van der Waals surface area contributed by atoms with Gasteiger partial charge in [0.15, 0.2) is 0 Å². The zero-order valence-electron chi connectivity index (χ0n) is 12.3. The van der Waals surface area contributed by atoms with Gasteiger partial charge in [0.1, 0.15) is 0 Å². The Labute approximate surface area is 125 Å². The number of carbonyl (C=O) groups is 1. The van der Waals surface area contributed by atoms with Crippen LogP contribution in [-0.2, 0) is 0 Å². The molecular formula is C15H24N2O2S. The van der Waals surface area contributed by atoms with Crippen LogP contribution in [0.25, 0.3) is 0 Å². The first-order chi connectivity index (χ1) is 9.56. The molecule has 2 amide bonds. The van der Waals surface area contributed by atoms with Gasteiger partial charge in [0, 0.05) is 17.5 Å². The summed E-state index contributed by atoms with van der Waals surface area (Å²) >= 11 is 1.80. The average molecular weight is 296 g/mol. The fourth-order valence-electron chi connectivity index (χ4n) is 1.83. The quantitative estimate of drug-likeness (QED) is 0.678. The van der Waals surface area contributed by atoms with Crippen LogP contribution < -0.4 is 10.6 Å². The van der Waals surface area contributed by atoms with Crippen molar-refractivity contribution in [2.45, 2.75) is 44.2 Å². The highest BCUT2D eigenvalue weighted by Crippen LogP contribution is 2.20. The highest BCUT2D eigenvalue weighted by atomic mass is 32.2. The minimum absolute atomic E-state index is 0.0319. The van der Waals surface area contributed by atoms with E-state index in [4.69, 9.17) is 5.11 Å². The van der Waals surface area contributed by atoms with E-state index in [1.165, 1.54) is 4.90 Å². The number of aliphatic hydroxyl groups is 1. The van der Waals surface area contributed by atoms with E-state index in [9.17, 15) is 4.79 Å². The van der Waals surface area contributed by atoms with E-state index in [1.54, 1.807) is 11.8 Å². The smallest absolute Gasteiger partial charge is 0.315 e. The Morgan fingerprint density at radius 2 is 1.90 bits per heavy atom. The van der Waals surface area contributed by atoms with Gasteiger partial charge in [-0.15, -0.1) is 11.8 Å². The standard InChI is InChI=1S/C15H24N2O2S/c1-4-20-14-7-5-13(6-8-14)12(3)17-15(19)16-11(2)9-10-18/h5-8,11-12,18H,4,9-10H2,1-3H3,(H2,16,17,19)/t11-,12?/m1/s1. The summed E-state index contributed by atoms with van der Waals surface area (Å²) in [6.07, 6.45) is 0.560. The number of hydrogen-bond acceptors (Lipinski definition) is 3. The van der Waals surface area contributed by atoms with Gasteiger partial charge in [0.05, 0.1) is 6.04 Å². The van der Waals surface area contributed by atoms with Crippen molar-refractivity contribution in [1.29, 1.82) is 0 Å². The van der Waals surface area contributed by atoms with Crippen molar-refractivity contribution in [3.05, 3.63) is 29.8 Å². The van der Waals surface area contributed by atoms with E-state index < -0.39 is 0 Å². The van der Waals surface area contributed by atoms with Crippen LogP contribution >= 0.6 is 11.8 Å². The lowest BCUT2D eigenvalue weighted by Crippen LogP contribution is -2.42. The zero-order chi connectivity index (χ0) is 15.0. The molecule has 1 aromatic rings. The Balaban J connectivity index is 2.48. The molecule has 112 valence electrons. The average Bonchev–Trinajstić information content (AvgIpc) is 2.39. The number of nitrogens with one attached hydrogen (secondary N) is 2. The minimum Gasteiger partial charge on any atom is -0.396 e. The van der Waals surface area contributed by atoms with Gasteiger partial charge >= 0.3 is 6.03 Å². The van der Waals surface area contributed by atoms with Gasteiger partial charge < -0.3 is 15.7 Å². The summed E-state index contributed by atoms with van der Waals surface area (Å²) in [5.74, 6) is 1.05. The van der Waals surface area contributed by atoms with Crippen molar-refractivity contribution in [1.82, 2.24) is 10.6 Å². The predicted molar refractivity (Wildman–Crippen MR) is 84.1 cm³/mol. The van der Waals surface area contributed by atoms with Gasteiger partial charge in [-0.05, 0) is 43.7 Å². The number of thioether (sulfide) groups is 1. The van der Waals surface area contributed by atoms with Gasteiger partial charge in [0.25, 0.3) is 0 Å². The highest BCUT2D eigenvalue weighted by Gasteiger charge is 2.11. The van der Waals surface area contributed by atoms with Gasteiger partial charge in [0.2, 0.25) is 0 Å². The van der Waals surface area contributed by atoms with Gasteiger partial charge in [-0.2, -0.15) is 0 Å². The molecule has 0 aliphatic rings. The van der Waals surface area contributed by atoms with E-state index in [0.29, 0.717) is 6.42 Å². The lowest BCUT2D eigenvalue weighted by atomic mass is 10.1. The second kappa shape index (κ2) is 8.87. The minimum atomic E-state index is -0.203. The molecular weight excluding hydrogens is 272 g/mol. The first-order valence-electron chi connectivity index (χ1n) is 6.97. The molecule has 0 aliphatic carbocycles. The third-order valence-corrected chi connectivity index (χ3v) is 3.87. The van der Waals surface area contributed by atoms with Gasteiger partial charge in [-0.25, -0.2) is 4.79 Å². The van der Waals surface area contributed by atoms with Crippen molar-refractivity contribution in [2.75, 3.05) is 12.4 Å². The van der Waals surface area contributed by atoms with Crippen LogP contribution in [0.15, 0.2) is 29.2 Å². The molecule has 2 atom stereocenters. The summed E-state index contributed by atoms with van der Waals surface area (Å²) in [6, 6.07) is 7.96. The van der Waals surface area contributed by atoms with E-state index in [-0.39, 0.29) is 24.7 Å². The summed E-state index contributed by atoms with van der Waals surface area (Å²) in [5.41, 5.74) is 1.08. The van der Waals surface area contributed by atoms with Crippen LogP contribution in [0.3, 0.4) is 0 Å². The van der Waals surface area contributed by atoms with E-state index in [0.717, 1.165) is 11.3 Å². The van der Waals surface area contributed by atoms with Crippen molar-refractivity contribution < 1.29 is 9.90 Å². The number of aliphatic hydroxyl groups excluding tert-OH is 1. The van der Waals surface area contributed by atoms with E-state index in [1.807, 2.05) is 26.0 Å². The summed E-state index contributed by atoms with van der Waals surface area (Å²) in [4.78, 5) is 13.0. The second-order valence-corrected chi connectivity index (χ2v) is 6.09. The predicted octanol–water partition coefficient (Wildman–Crippen LogP) is 2.93. The molecule has 1 aromatic carbocycles. The molecule has 0 saturated heterocycles. The SMILES string of the molecule is CCSc1ccc(C(C)NC(=O)N[C@H](C)CCO)cc1. The first kappa shape index (κ1) is 16.9. The van der Waals surface area contributed by atoms with Crippen LogP contribution in [0.4, 0.5) is 4.79 Å². The van der Waals surface area contributed by atoms with Crippen LogP contribution in [0.2, 0.25) is 0 Å². The third kappa shape index (κ3) is 5.84. The molecule has 3 N–H and O–H groups in total. The molecule has 0 aromatic heterocycles. The lowest BCUT2D eigenvalue weighted by Gasteiger charge is -2.18. The molecule has 1 rings (SSSR count). The molecule has 0 bridgehead atoms. The van der Waals surface area contributed by atoms with Crippen molar-refractivity contribution in [2.24, 2.45) is 0 Å². The van der Waals surface area contributed by atoms with Gasteiger partial charge in [-0.1, -0.05) is 19.1 Å². The first-order valence-corrected chi connectivity index (χ1v) is 7.96. The molecule has 0 fully saturated rings. The Kier molecular flexibility index (Phi) is 7.47. The molecule has 0 radical (unpaired) electrons. The topological polar surface area (TPSA) is 61.4 Å². The fraction of sp³-hybridized carbons (Fsp3) is 0.533. The molecule has 0 heterocycles. The van der Waals surface area contributed by atoms with Gasteiger partial charge in [-0.3, -0.25) is 0 Å². The number of rotatable bonds is 7. The number of benzene rings is 1. The monoisotopic (exact) mass is 296 g/mol. The summed E-state index contributed by atoms with van der Waals surface area (Å²) in [7, 11) is 0.